The highest BCUT2D eigenvalue weighted by Crippen LogP contribution is 2.34. The summed E-state index contributed by atoms with van der Waals surface area (Å²) in [5.41, 5.74) is 6.15. The molecule has 0 saturated carbocycles. The molecule has 8 heteroatoms. The minimum atomic E-state index is -0.650. The molecule has 3 aromatic rings. The Labute approximate surface area is 146 Å². The third-order valence-electron chi connectivity index (χ3n) is 3.49. The van der Waals surface area contributed by atoms with Gasteiger partial charge in [0.25, 0.3) is 0 Å². The van der Waals surface area contributed by atoms with E-state index in [2.05, 4.69) is 10.2 Å². The molecule has 0 aliphatic heterocycles. The van der Waals surface area contributed by atoms with Crippen molar-refractivity contribution in [1.29, 1.82) is 0 Å². The van der Waals surface area contributed by atoms with Crippen molar-refractivity contribution in [3.63, 3.8) is 0 Å². The molecule has 0 saturated heterocycles. The maximum Gasteiger partial charge on any atom is 0.235 e. The minimum Gasteiger partial charge on any atom is -0.368 e. The number of carbonyl (C=O) groups excluding carboxylic acids is 1. The summed E-state index contributed by atoms with van der Waals surface area (Å²) in [4.78, 5) is 13.0. The number of rotatable bonds is 6. The Balaban J connectivity index is 1.81. The van der Waals surface area contributed by atoms with Gasteiger partial charge in [0.05, 0.1) is 0 Å². The van der Waals surface area contributed by atoms with E-state index in [4.69, 9.17) is 5.73 Å². The molecule has 0 radical (unpaired) electrons. The second kappa shape index (κ2) is 7.14. The second-order valence-corrected chi connectivity index (χ2v) is 7.27. The van der Waals surface area contributed by atoms with Crippen LogP contribution in [0.1, 0.15) is 21.5 Å². The Morgan fingerprint density at radius 3 is 2.71 bits per heavy atom. The van der Waals surface area contributed by atoms with Crippen LogP contribution >= 0.6 is 23.1 Å². The Morgan fingerprint density at radius 2 is 2.08 bits per heavy atom. The van der Waals surface area contributed by atoms with Crippen LogP contribution in [0.5, 0.6) is 0 Å². The van der Waals surface area contributed by atoms with Gasteiger partial charge in [-0.3, -0.25) is 4.79 Å². The predicted molar refractivity (Wildman–Crippen MR) is 92.3 cm³/mol. The molecule has 0 aliphatic rings. The third-order valence-corrected chi connectivity index (χ3v) is 5.67. The SMILES string of the molecule is Cn1c(Cc2cccs2)nnc1S[C@@H](C(N)=O)c1ccc(F)cc1. The molecule has 24 heavy (non-hydrogen) atoms. The molecule has 124 valence electrons. The monoisotopic (exact) mass is 362 g/mol. The first-order chi connectivity index (χ1) is 11.5. The normalized spacial score (nSPS) is 12.2. The Bertz CT molecular complexity index is 830. The van der Waals surface area contributed by atoms with E-state index >= 15 is 0 Å². The molecule has 2 N–H and O–H groups in total. The first kappa shape index (κ1) is 16.7. The molecule has 1 aromatic carbocycles. The van der Waals surface area contributed by atoms with Gasteiger partial charge in [-0.05, 0) is 29.1 Å². The number of nitrogens with zero attached hydrogens (tertiary/aromatic N) is 3. The first-order valence-electron chi connectivity index (χ1n) is 7.16. The highest BCUT2D eigenvalue weighted by atomic mass is 32.2. The van der Waals surface area contributed by atoms with Crippen molar-refractivity contribution in [1.82, 2.24) is 14.8 Å². The first-order valence-corrected chi connectivity index (χ1v) is 8.92. The van der Waals surface area contributed by atoms with Crippen LogP contribution in [0.4, 0.5) is 4.39 Å². The van der Waals surface area contributed by atoms with Gasteiger partial charge in [0, 0.05) is 18.3 Å². The summed E-state index contributed by atoms with van der Waals surface area (Å²) < 4.78 is 14.9. The van der Waals surface area contributed by atoms with Crippen LogP contribution in [-0.2, 0) is 18.3 Å². The molecular weight excluding hydrogens is 347 g/mol. The van der Waals surface area contributed by atoms with Gasteiger partial charge < -0.3 is 10.3 Å². The third kappa shape index (κ3) is 3.65. The lowest BCUT2D eigenvalue weighted by Crippen LogP contribution is -2.19. The zero-order chi connectivity index (χ0) is 17.1. The van der Waals surface area contributed by atoms with Crippen LogP contribution < -0.4 is 5.73 Å². The lowest BCUT2D eigenvalue weighted by atomic mass is 10.1. The van der Waals surface area contributed by atoms with Crippen LogP contribution in [0.25, 0.3) is 0 Å². The fourth-order valence-electron chi connectivity index (χ4n) is 2.20. The summed E-state index contributed by atoms with van der Waals surface area (Å²) in [5.74, 6) is -0.0550. The van der Waals surface area contributed by atoms with Gasteiger partial charge in [-0.25, -0.2) is 4.39 Å². The number of thioether (sulfide) groups is 1. The molecule has 3 rings (SSSR count). The maximum absolute atomic E-state index is 13.1. The number of hydrogen-bond donors (Lipinski definition) is 1. The molecule has 2 aromatic heterocycles. The van der Waals surface area contributed by atoms with E-state index in [0.717, 1.165) is 5.82 Å². The van der Waals surface area contributed by atoms with E-state index in [-0.39, 0.29) is 5.82 Å². The van der Waals surface area contributed by atoms with Crippen molar-refractivity contribution in [2.75, 3.05) is 0 Å². The second-order valence-electron chi connectivity index (χ2n) is 5.17. The van der Waals surface area contributed by atoms with Crippen molar-refractivity contribution in [3.8, 4) is 0 Å². The van der Waals surface area contributed by atoms with Crippen molar-refractivity contribution in [2.45, 2.75) is 16.8 Å². The zero-order valence-corrected chi connectivity index (χ0v) is 14.5. The number of carbonyl (C=O) groups is 1. The molecular formula is C16H15FN4OS2. The van der Waals surface area contributed by atoms with Gasteiger partial charge in [-0.15, -0.1) is 21.5 Å². The standard InChI is InChI=1S/C16H15FN4OS2/c1-21-13(9-12-3-2-8-23-12)19-20-16(21)24-14(15(18)22)10-4-6-11(17)7-5-10/h2-8,14H,9H2,1H3,(H2,18,22)/t14-/m1/s1. The number of amides is 1. The minimum absolute atomic E-state index is 0.358. The number of thiophene rings is 1. The summed E-state index contributed by atoms with van der Waals surface area (Å²) >= 11 is 2.87. The van der Waals surface area contributed by atoms with Gasteiger partial charge in [-0.2, -0.15) is 0 Å². The Hall–Kier alpha value is -2.19. The number of aromatic nitrogens is 3. The van der Waals surface area contributed by atoms with Crippen molar-refractivity contribution in [2.24, 2.45) is 12.8 Å². The molecule has 0 fully saturated rings. The molecule has 2 heterocycles. The van der Waals surface area contributed by atoms with Gasteiger partial charge in [0.1, 0.15) is 16.9 Å². The smallest absolute Gasteiger partial charge is 0.235 e. The summed E-state index contributed by atoms with van der Waals surface area (Å²) in [6.07, 6.45) is 0.680. The Morgan fingerprint density at radius 1 is 1.33 bits per heavy atom. The summed E-state index contributed by atoms with van der Waals surface area (Å²) in [5, 5.41) is 10.3. The van der Waals surface area contributed by atoms with Gasteiger partial charge in [0.15, 0.2) is 5.16 Å². The topological polar surface area (TPSA) is 73.8 Å². The predicted octanol–water partition coefficient (Wildman–Crippen LogP) is 2.93. The van der Waals surface area contributed by atoms with Crippen LogP contribution in [-0.4, -0.2) is 20.7 Å². The summed E-state index contributed by atoms with van der Waals surface area (Å²) in [7, 11) is 1.86. The quantitative estimate of drug-likeness (QED) is 0.684. The number of halogens is 1. The number of nitrogens with two attached hydrogens (primary N) is 1. The van der Waals surface area contributed by atoms with Crippen LogP contribution in [0.3, 0.4) is 0 Å². The number of benzene rings is 1. The highest BCUT2D eigenvalue weighted by molar-refractivity contribution is 8.00. The molecule has 1 atom stereocenters. The van der Waals surface area contributed by atoms with Crippen molar-refractivity contribution < 1.29 is 9.18 Å². The van der Waals surface area contributed by atoms with Crippen molar-refractivity contribution >= 4 is 29.0 Å². The fourth-order valence-corrected chi connectivity index (χ4v) is 3.88. The van der Waals surface area contributed by atoms with E-state index in [1.165, 1.54) is 28.8 Å². The van der Waals surface area contributed by atoms with E-state index in [9.17, 15) is 9.18 Å². The van der Waals surface area contributed by atoms with E-state index < -0.39 is 11.2 Å². The number of hydrogen-bond acceptors (Lipinski definition) is 5. The van der Waals surface area contributed by atoms with Gasteiger partial charge in [0.2, 0.25) is 5.91 Å². The molecule has 0 aliphatic carbocycles. The summed E-state index contributed by atoms with van der Waals surface area (Å²) in [6.45, 7) is 0. The van der Waals surface area contributed by atoms with Crippen LogP contribution in [0, 0.1) is 5.82 Å². The molecule has 0 bridgehead atoms. The average molecular weight is 362 g/mol. The van der Waals surface area contributed by atoms with Crippen LogP contribution in [0.2, 0.25) is 0 Å². The lowest BCUT2D eigenvalue weighted by molar-refractivity contribution is -0.117. The fraction of sp³-hybridized carbons (Fsp3) is 0.188. The van der Waals surface area contributed by atoms with E-state index in [1.54, 1.807) is 23.5 Å². The maximum atomic E-state index is 13.1. The molecule has 0 unspecified atom stereocenters. The Kier molecular flexibility index (Phi) is 4.96. The van der Waals surface area contributed by atoms with Crippen molar-refractivity contribution in [3.05, 3.63) is 63.9 Å². The van der Waals surface area contributed by atoms with E-state index in [1.807, 2.05) is 29.1 Å². The molecule has 5 nitrogen and oxygen atoms in total. The largest absolute Gasteiger partial charge is 0.368 e. The summed E-state index contributed by atoms with van der Waals surface area (Å²) in [6, 6.07) is 9.76. The highest BCUT2D eigenvalue weighted by Gasteiger charge is 2.23. The lowest BCUT2D eigenvalue weighted by Gasteiger charge is -2.13. The van der Waals surface area contributed by atoms with Crippen LogP contribution in [0.15, 0.2) is 46.9 Å². The van der Waals surface area contributed by atoms with Gasteiger partial charge in [-0.1, -0.05) is 30.0 Å². The molecule has 0 spiro atoms. The van der Waals surface area contributed by atoms with Gasteiger partial charge >= 0.3 is 0 Å². The zero-order valence-electron chi connectivity index (χ0n) is 12.8. The average Bonchev–Trinajstić information content (AvgIpc) is 3.18. The molecule has 1 amide bonds. The van der Waals surface area contributed by atoms with E-state index in [0.29, 0.717) is 17.1 Å². The number of primary amides is 1.